The molecule has 2 nitrogen and oxygen atoms in total. The standard InChI is InChI=1S/C12H16ClNOS/c1-14-11(9-6-7-9)8-16(15)12-5-3-2-4-10(12)13/h2-5,9,11,14H,6-8H2,1H3. The molecule has 0 saturated heterocycles. The van der Waals surface area contributed by atoms with E-state index in [4.69, 9.17) is 11.6 Å². The Morgan fingerprint density at radius 2 is 2.19 bits per heavy atom. The van der Waals surface area contributed by atoms with Gasteiger partial charge in [0.15, 0.2) is 0 Å². The third kappa shape index (κ3) is 2.84. The molecule has 0 radical (unpaired) electrons. The number of benzene rings is 1. The minimum Gasteiger partial charge on any atom is -0.316 e. The quantitative estimate of drug-likeness (QED) is 0.878. The van der Waals surface area contributed by atoms with Crippen molar-refractivity contribution in [2.45, 2.75) is 23.8 Å². The van der Waals surface area contributed by atoms with Crippen LogP contribution >= 0.6 is 11.6 Å². The minimum absolute atomic E-state index is 0.358. The Bertz CT molecular complexity index is 392. The summed E-state index contributed by atoms with van der Waals surface area (Å²) in [5.74, 6) is 1.36. The summed E-state index contributed by atoms with van der Waals surface area (Å²) in [6, 6.07) is 7.74. The molecule has 88 valence electrons. The third-order valence-corrected chi connectivity index (χ3v) is 4.92. The van der Waals surface area contributed by atoms with Crippen LogP contribution in [-0.4, -0.2) is 23.1 Å². The summed E-state index contributed by atoms with van der Waals surface area (Å²) in [5, 5.41) is 3.85. The zero-order chi connectivity index (χ0) is 11.5. The van der Waals surface area contributed by atoms with Gasteiger partial charge in [0.25, 0.3) is 0 Å². The van der Waals surface area contributed by atoms with Crippen LogP contribution in [0.5, 0.6) is 0 Å². The van der Waals surface area contributed by atoms with Crippen LogP contribution < -0.4 is 5.32 Å². The lowest BCUT2D eigenvalue weighted by Gasteiger charge is -2.15. The predicted molar refractivity (Wildman–Crippen MR) is 68.3 cm³/mol. The van der Waals surface area contributed by atoms with Gasteiger partial charge in [-0.2, -0.15) is 0 Å². The van der Waals surface area contributed by atoms with Crippen molar-refractivity contribution >= 4 is 22.4 Å². The lowest BCUT2D eigenvalue weighted by Crippen LogP contribution is -2.33. The van der Waals surface area contributed by atoms with Crippen molar-refractivity contribution in [2.24, 2.45) is 5.92 Å². The predicted octanol–water partition coefficient (Wildman–Crippen LogP) is 2.45. The van der Waals surface area contributed by atoms with Crippen molar-refractivity contribution in [3.8, 4) is 0 Å². The van der Waals surface area contributed by atoms with E-state index in [1.807, 2.05) is 25.2 Å². The van der Waals surface area contributed by atoms with Gasteiger partial charge in [-0.3, -0.25) is 4.21 Å². The summed E-state index contributed by atoms with van der Waals surface area (Å²) < 4.78 is 12.2. The number of rotatable bonds is 5. The van der Waals surface area contributed by atoms with Gasteiger partial charge in [0.05, 0.1) is 20.7 Å². The molecule has 0 aromatic heterocycles. The monoisotopic (exact) mass is 257 g/mol. The lowest BCUT2D eigenvalue weighted by atomic mass is 10.2. The molecule has 2 rings (SSSR count). The fourth-order valence-corrected chi connectivity index (χ4v) is 3.69. The van der Waals surface area contributed by atoms with Gasteiger partial charge in [0.2, 0.25) is 0 Å². The molecular weight excluding hydrogens is 242 g/mol. The summed E-state index contributed by atoms with van der Waals surface area (Å²) >= 11 is 6.03. The van der Waals surface area contributed by atoms with Crippen molar-refractivity contribution in [2.75, 3.05) is 12.8 Å². The van der Waals surface area contributed by atoms with Crippen molar-refractivity contribution in [1.29, 1.82) is 0 Å². The third-order valence-electron chi connectivity index (χ3n) is 2.97. The van der Waals surface area contributed by atoms with Crippen molar-refractivity contribution in [1.82, 2.24) is 5.32 Å². The average Bonchev–Trinajstić information content (AvgIpc) is 3.10. The van der Waals surface area contributed by atoms with E-state index < -0.39 is 10.8 Å². The Labute approximate surface area is 104 Å². The minimum atomic E-state index is -1.000. The van der Waals surface area contributed by atoms with E-state index in [9.17, 15) is 4.21 Å². The molecule has 2 unspecified atom stereocenters. The Hall–Kier alpha value is -0.380. The number of hydrogen-bond acceptors (Lipinski definition) is 2. The number of halogens is 1. The molecule has 0 aliphatic heterocycles. The van der Waals surface area contributed by atoms with Gasteiger partial charge in [-0.1, -0.05) is 23.7 Å². The van der Waals surface area contributed by atoms with E-state index in [1.54, 1.807) is 6.07 Å². The van der Waals surface area contributed by atoms with Crippen LogP contribution in [0.25, 0.3) is 0 Å². The fourth-order valence-electron chi connectivity index (χ4n) is 1.84. The van der Waals surface area contributed by atoms with Gasteiger partial charge in [0, 0.05) is 11.8 Å². The Balaban J connectivity index is 2.04. The van der Waals surface area contributed by atoms with Crippen molar-refractivity contribution < 1.29 is 4.21 Å². The summed E-state index contributed by atoms with van der Waals surface area (Å²) in [6.07, 6.45) is 2.51. The molecule has 1 aromatic carbocycles. The highest BCUT2D eigenvalue weighted by Crippen LogP contribution is 2.33. The second kappa shape index (κ2) is 5.30. The summed E-state index contributed by atoms with van der Waals surface area (Å²) in [4.78, 5) is 0.755. The highest BCUT2D eigenvalue weighted by molar-refractivity contribution is 7.85. The van der Waals surface area contributed by atoms with E-state index >= 15 is 0 Å². The van der Waals surface area contributed by atoms with Gasteiger partial charge >= 0.3 is 0 Å². The Morgan fingerprint density at radius 3 is 2.75 bits per heavy atom. The zero-order valence-electron chi connectivity index (χ0n) is 9.28. The van der Waals surface area contributed by atoms with Crippen molar-refractivity contribution in [3.63, 3.8) is 0 Å². The molecule has 1 N–H and O–H groups in total. The van der Waals surface area contributed by atoms with Crippen LogP contribution in [0, 0.1) is 5.92 Å². The van der Waals surface area contributed by atoms with Crippen LogP contribution in [-0.2, 0) is 10.8 Å². The first-order valence-corrected chi connectivity index (χ1v) is 7.22. The van der Waals surface area contributed by atoms with Gasteiger partial charge in [-0.15, -0.1) is 0 Å². The van der Waals surface area contributed by atoms with Crippen molar-refractivity contribution in [3.05, 3.63) is 29.3 Å². The maximum Gasteiger partial charge on any atom is 0.0574 e. The Morgan fingerprint density at radius 1 is 1.50 bits per heavy atom. The van der Waals surface area contributed by atoms with Gasteiger partial charge in [0.1, 0.15) is 0 Å². The normalized spacial score (nSPS) is 19.4. The second-order valence-electron chi connectivity index (χ2n) is 4.18. The highest BCUT2D eigenvalue weighted by atomic mass is 35.5. The molecule has 16 heavy (non-hydrogen) atoms. The first-order chi connectivity index (χ1) is 7.72. The number of hydrogen-bond donors (Lipinski definition) is 1. The average molecular weight is 258 g/mol. The smallest absolute Gasteiger partial charge is 0.0574 e. The zero-order valence-corrected chi connectivity index (χ0v) is 10.9. The lowest BCUT2D eigenvalue weighted by molar-refractivity contribution is 0.546. The molecule has 0 bridgehead atoms. The van der Waals surface area contributed by atoms with Gasteiger partial charge in [-0.05, 0) is 37.9 Å². The maximum atomic E-state index is 12.2. The molecule has 0 heterocycles. The first-order valence-electron chi connectivity index (χ1n) is 5.52. The first kappa shape index (κ1) is 12.1. The Kier molecular flexibility index (Phi) is 4.00. The van der Waals surface area contributed by atoms with Gasteiger partial charge in [-0.25, -0.2) is 0 Å². The van der Waals surface area contributed by atoms with E-state index in [2.05, 4.69) is 5.32 Å². The molecule has 0 spiro atoms. The highest BCUT2D eigenvalue weighted by Gasteiger charge is 2.31. The molecule has 2 atom stereocenters. The van der Waals surface area contributed by atoms with Crippen LogP contribution in [0.2, 0.25) is 5.02 Å². The summed E-state index contributed by atoms with van der Waals surface area (Å²) in [5.41, 5.74) is 0. The number of nitrogens with one attached hydrogen (secondary N) is 1. The van der Waals surface area contributed by atoms with Gasteiger partial charge < -0.3 is 5.32 Å². The largest absolute Gasteiger partial charge is 0.316 e. The molecule has 1 aliphatic rings. The van der Waals surface area contributed by atoms with Crippen LogP contribution in [0.4, 0.5) is 0 Å². The van der Waals surface area contributed by atoms with Crippen LogP contribution in [0.15, 0.2) is 29.2 Å². The van der Waals surface area contributed by atoms with E-state index in [0.29, 0.717) is 22.7 Å². The summed E-state index contributed by atoms with van der Waals surface area (Å²) in [7, 11) is 0.937. The van der Waals surface area contributed by atoms with Crippen LogP contribution in [0.3, 0.4) is 0 Å². The molecule has 1 fully saturated rings. The molecule has 1 saturated carbocycles. The molecule has 0 amide bonds. The maximum absolute atomic E-state index is 12.2. The van der Waals surface area contributed by atoms with E-state index in [-0.39, 0.29) is 0 Å². The van der Waals surface area contributed by atoms with E-state index in [0.717, 1.165) is 4.90 Å². The SMILES string of the molecule is CNC(CS(=O)c1ccccc1Cl)C1CC1. The second-order valence-corrected chi connectivity index (χ2v) is 6.05. The topological polar surface area (TPSA) is 29.1 Å². The van der Waals surface area contributed by atoms with E-state index in [1.165, 1.54) is 12.8 Å². The molecule has 1 aliphatic carbocycles. The molecule has 4 heteroatoms. The molecule has 1 aromatic rings. The van der Waals surface area contributed by atoms with Crippen LogP contribution in [0.1, 0.15) is 12.8 Å². The molecular formula is C12H16ClNOS. The summed E-state index contributed by atoms with van der Waals surface area (Å²) in [6.45, 7) is 0. The fraction of sp³-hybridized carbons (Fsp3) is 0.500.